The summed E-state index contributed by atoms with van der Waals surface area (Å²) in [5.41, 5.74) is 5.42. The number of amides is 1. The Morgan fingerprint density at radius 3 is 2.62 bits per heavy atom. The van der Waals surface area contributed by atoms with E-state index in [2.05, 4.69) is 5.32 Å². The fourth-order valence-corrected chi connectivity index (χ4v) is 1.90. The average Bonchev–Trinajstić information content (AvgIpc) is 2.23. The summed E-state index contributed by atoms with van der Waals surface area (Å²) in [4.78, 5) is 11.5. The Bertz CT molecular complexity index is 232. The van der Waals surface area contributed by atoms with Crippen molar-refractivity contribution in [3.8, 4) is 0 Å². The van der Waals surface area contributed by atoms with Crippen LogP contribution in [0.2, 0.25) is 0 Å². The molecule has 0 spiro atoms. The Kier molecular flexibility index (Phi) is 8.42. The van der Waals surface area contributed by atoms with Gasteiger partial charge in [0.1, 0.15) is 0 Å². The second kappa shape index (κ2) is 8.66. The Balaban J connectivity index is 3.81. The lowest BCUT2D eigenvalue weighted by molar-refractivity contribution is -0.124. The molecule has 0 saturated heterocycles. The van der Waals surface area contributed by atoms with Crippen molar-refractivity contribution in [3.63, 3.8) is 0 Å². The molecule has 5 nitrogen and oxygen atoms in total. The number of nitrogens with two attached hydrogens (primary N) is 1. The number of hydrogen-bond donors (Lipinski definition) is 2. The van der Waals surface area contributed by atoms with Crippen LogP contribution in [-0.2, 0) is 20.3 Å². The molecule has 0 fully saturated rings. The fraction of sp³-hybridized carbons (Fsp3) is 0.900. The maximum Gasteiger partial charge on any atom is 0.222 e. The number of nitrogens with one attached hydrogen (secondary N) is 1. The molecule has 1 amide bonds. The van der Waals surface area contributed by atoms with Crippen molar-refractivity contribution in [2.75, 3.05) is 25.7 Å². The lowest BCUT2D eigenvalue weighted by Gasteiger charge is -2.16. The number of carbonyl (C=O) groups is 1. The Morgan fingerprint density at radius 1 is 1.56 bits per heavy atom. The van der Waals surface area contributed by atoms with Crippen molar-refractivity contribution >= 4 is 16.7 Å². The normalized spacial score (nSPS) is 16.5. The first-order valence-electron chi connectivity index (χ1n) is 5.31. The summed E-state index contributed by atoms with van der Waals surface area (Å²) in [7, 11) is 0.725. The molecule has 6 heteroatoms. The summed E-state index contributed by atoms with van der Waals surface area (Å²) >= 11 is 0. The maximum atomic E-state index is 11.5. The van der Waals surface area contributed by atoms with Crippen LogP contribution < -0.4 is 11.1 Å². The number of hydrogen-bond acceptors (Lipinski definition) is 4. The minimum Gasteiger partial charge on any atom is -0.380 e. The molecule has 3 unspecified atom stereocenters. The maximum absolute atomic E-state index is 11.5. The molecule has 3 N–H and O–H groups in total. The third kappa shape index (κ3) is 7.78. The molecule has 0 aliphatic carbocycles. The van der Waals surface area contributed by atoms with Crippen LogP contribution >= 0.6 is 0 Å². The van der Waals surface area contributed by atoms with Crippen LogP contribution in [0, 0.1) is 0 Å². The predicted molar refractivity (Wildman–Crippen MR) is 65.6 cm³/mol. The molecule has 0 aliphatic heterocycles. The van der Waals surface area contributed by atoms with Crippen LogP contribution in [0.15, 0.2) is 0 Å². The molecule has 96 valence electrons. The quantitative estimate of drug-likeness (QED) is 0.615. The molecule has 0 radical (unpaired) electrons. The number of rotatable bonds is 8. The van der Waals surface area contributed by atoms with Gasteiger partial charge < -0.3 is 15.8 Å². The van der Waals surface area contributed by atoms with Crippen LogP contribution in [0.4, 0.5) is 0 Å². The second-order valence-electron chi connectivity index (χ2n) is 3.83. The van der Waals surface area contributed by atoms with E-state index >= 15 is 0 Å². The van der Waals surface area contributed by atoms with Gasteiger partial charge >= 0.3 is 0 Å². The summed E-state index contributed by atoms with van der Waals surface area (Å²) < 4.78 is 15.9. The van der Waals surface area contributed by atoms with Gasteiger partial charge in [-0.25, -0.2) is 0 Å². The van der Waals surface area contributed by atoms with E-state index in [1.165, 1.54) is 7.11 Å². The number of carbonyl (C=O) groups excluding carboxylic acids is 1. The summed E-state index contributed by atoms with van der Waals surface area (Å²) in [6.07, 6.45) is 2.42. The molecule has 3 atom stereocenters. The van der Waals surface area contributed by atoms with Crippen LogP contribution in [0.1, 0.15) is 19.8 Å². The van der Waals surface area contributed by atoms with Crippen LogP contribution in [0.5, 0.6) is 0 Å². The summed E-state index contributed by atoms with van der Waals surface area (Å²) in [5.74, 6) is 0.526. The summed E-state index contributed by atoms with van der Waals surface area (Å²) in [5, 5.41) is 2.83. The molecule has 16 heavy (non-hydrogen) atoms. The van der Waals surface area contributed by atoms with E-state index in [1.54, 1.807) is 6.26 Å². The topological polar surface area (TPSA) is 81.4 Å². The lowest BCUT2D eigenvalue weighted by Crippen LogP contribution is -2.37. The minimum absolute atomic E-state index is 0.0340. The largest absolute Gasteiger partial charge is 0.380 e. The number of ether oxygens (including phenoxy) is 1. The minimum atomic E-state index is -0.811. The van der Waals surface area contributed by atoms with Crippen molar-refractivity contribution < 1.29 is 13.7 Å². The standard InChI is InChI=1S/C10H22N2O3S/c1-8(4-5-16(3)14)12-10(13)6-9(7-11)15-2/h8-9H,4-7,11H2,1-3H3,(H,12,13). The third-order valence-corrected chi connectivity index (χ3v) is 3.07. The Hall–Kier alpha value is -0.460. The van der Waals surface area contributed by atoms with Crippen molar-refractivity contribution in [1.29, 1.82) is 0 Å². The average molecular weight is 250 g/mol. The van der Waals surface area contributed by atoms with Crippen molar-refractivity contribution in [2.45, 2.75) is 31.9 Å². The molecule has 0 aromatic rings. The fourth-order valence-electron chi connectivity index (χ4n) is 1.22. The van der Waals surface area contributed by atoms with Gasteiger partial charge in [-0.2, -0.15) is 0 Å². The number of methoxy groups -OCH3 is 1. The van der Waals surface area contributed by atoms with E-state index < -0.39 is 10.8 Å². The molecule has 0 aromatic carbocycles. The van der Waals surface area contributed by atoms with E-state index in [4.69, 9.17) is 10.5 Å². The first-order chi connectivity index (χ1) is 7.49. The zero-order chi connectivity index (χ0) is 12.6. The van der Waals surface area contributed by atoms with Gasteiger partial charge in [0.25, 0.3) is 0 Å². The van der Waals surface area contributed by atoms with Crippen molar-refractivity contribution in [2.24, 2.45) is 5.73 Å². The second-order valence-corrected chi connectivity index (χ2v) is 5.39. The highest BCUT2D eigenvalue weighted by molar-refractivity contribution is 7.84. The van der Waals surface area contributed by atoms with E-state index in [-0.39, 0.29) is 24.5 Å². The zero-order valence-corrected chi connectivity index (χ0v) is 11.0. The summed E-state index contributed by atoms with van der Waals surface area (Å²) in [6, 6.07) is 0.0340. The van der Waals surface area contributed by atoms with Gasteiger partial charge in [0.15, 0.2) is 0 Å². The van der Waals surface area contributed by atoms with Gasteiger partial charge in [0.2, 0.25) is 5.91 Å². The molecule has 0 saturated carbocycles. The van der Waals surface area contributed by atoms with E-state index in [9.17, 15) is 9.00 Å². The van der Waals surface area contributed by atoms with Gasteiger partial charge in [-0.15, -0.1) is 0 Å². The van der Waals surface area contributed by atoms with Crippen LogP contribution in [0.3, 0.4) is 0 Å². The zero-order valence-electron chi connectivity index (χ0n) is 10.2. The van der Waals surface area contributed by atoms with Gasteiger partial charge in [0, 0.05) is 42.5 Å². The molecule has 0 rings (SSSR count). The lowest BCUT2D eigenvalue weighted by atomic mass is 10.2. The highest BCUT2D eigenvalue weighted by atomic mass is 32.2. The predicted octanol–water partition coefficient (Wildman–Crippen LogP) is -0.376. The molecular formula is C10H22N2O3S. The van der Waals surface area contributed by atoms with E-state index in [0.29, 0.717) is 12.3 Å². The molecule has 0 heterocycles. The third-order valence-electron chi connectivity index (χ3n) is 2.25. The summed E-state index contributed by atoms with van der Waals surface area (Å²) in [6.45, 7) is 2.23. The molecular weight excluding hydrogens is 228 g/mol. The highest BCUT2D eigenvalue weighted by Gasteiger charge is 2.13. The van der Waals surface area contributed by atoms with Crippen molar-refractivity contribution in [1.82, 2.24) is 5.32 Å². The van der Waals surface area contributed by atoms with Gasteiger partial charge in [-0.3, -0.25) is 9.00 Å². The van der Waals surface area contributed by atoms with E-state index in [1.807, 2.05) is 6.92 Å². The van der Waals surface area contributed by atoms with E-state index in [0.717, 1.165) is 6.42 Å². The Labute approximate surface area is 99.6 Å². The SMILES string of the molecule is COC(CN)CC(=O)NC(C)CCS(C)=O. The van der Waals surface area contributed by atoms with Crippen LogP contribution in [0.25, 0.3) is 0 Å². The Morgan fingerprint density at radius 2 is 2.19 bits per heavy atom. The molecule has 0 aromatic heterocycles. The first kappa shape index (κ1) is 15.5. The smallest absolute Gasteiger partial charge is 0.222 e. The molecule has 0 bridgehead atoms. The molecule has 0 aliphatic rings. The first-order valence-corrected chi connectivity index (χ1v) is 7.04. The van der Waals surface area contributed by atoms with Crippen LogP contribution in [-0.4, -0.2) is 47.9 Å². The van der Waals surface area contributed by atoms with Gasteiger partial charge in [0.05, 0.1) is 12.5 Å². The van der Waals surface area contributed by atoms with Gasteiger partial charge in [-0.05, 0) is 13.3 Å². The van der Waals surface area contributed by atoms with Crippen molar-refractivity contribution in [3.05, 3.63) is 0 Å². The highest BCUT2D eigenvalue weighted by Crippen LogP contribution is 1.98. The van der Waals surface area contributed by atoms with Gasteiger partial charge in [-0.1, -0.05) is 0 Å². The monoisotopic (exact) mass is 250 g/mol.